The van der Waals surface area contributed by atoms with E-state index in [0.29, 0.717) is 73.6 Å². The van der Waals surface area contributed by atoms with Crippen molar-refractivity contribution in [2.45, 2.75) is 298 Å². The molecule has 0 bridgehead atoms. The first kappa shape index (κ1) is 73.1. The standard InChI is InChI=1S/C70H118N4O8/c1-7-13-19-25-31-33-39-45-59(75)47-49-71-61-55-65(79-51-41-35-27-21-15-9-3)67(81-53-43-37-29-23-17-11-5)57-63(61)73-69(77)70(78)74-64-58-68(82-54-44-38-30-24-18-12-6)66(80-52-42-36-28-22-16-10-4)56-62(64)72-50-48-60(76)46-40-34-32-26-20-14-8-2/h47-50,55-58,71-72H,7-46,51-54H2,1-6H3,(H,73,77)(H,74,78)/b49-47+,50-48+. The SMILES string of the molecule is CCCCCCCCCC(=O)/C=C/Nc1cc(OCCCCCCCC)c(OCCCCCCCC)cc1NC(=O)C(=O)Nc1cc(OCCCCCCCC)c(OCCCCCCCC)cc1N/C=C/C(=O)CCCCCCCCC. The average Bonchev–Trinajstić information content (AvgIpc) is 3.66. The van der Waals surface area contributed by atoms with E-state index >= 15 is 0 Å². The molecule has 0 aliphatic carbocycles. The third kappa shape index (κ3) is 37.3. The van der Waals surface area contributed by atoms with Crippen molar-refractivity contribution >= 4 is 46.1 Å². The molecule has 12 nitrogen and oxygen atoms in total. The molecule has 0 radical (unpaired) electrons. The van der Waals surface area contributed by atoms with Crippen LogP contribution in [0.15, 0.2) is 48.8 Å². The highest BCUT2D eigenvalue weighted by Crippen LogP contribution is 2.39. The number of carbonyl (C=O) groups excluding carboxylic acids is 4. The summed E-state index contributed by atoms with van der Waals surface area (Å²) in [6.45, 7) is 15.2. The lowest BCUT2D eigenvalue weighted by molar-refractivity contribution is -0.132. The first-order valence-corrected chi connectivity index (χ1v) is 33.6. The summed E-state index contributed by atoms with van der Waals surface area (Å²) in [7, 11) is 0. The van der Waals surface area contributed by atoms with Crippen LogP contribution in [0.25, 0.3) is 0 Å². The van der Waals surface area contributed by atoms with Gasteiger partial charge in [0.05, 0.1) is 49.2 Å². The Morgan fingerprint density at radius 2 is 0.524 bits per heavy atom. The molecule has 2 rings (SSSR count). The first-order chi connectivity index (χ1) is 40.2. The van der Waals surface area contributed by atoms with E-state index in [2.05, 4.69) is 62.8 Å². The van der Waals surface area contributed by atoms with Crippen LogP contribution in [0.4, 0.5) is 22.7 Å². The highest BCUT2D eigenvalue weighted by atomic mass is 16.5. The fourth-order valence-electron chi connectivity index (χ4n) is 9.76. The minimum absolute atomic E-state index is 0.00963. The Morgan fingerprint density at radius 1 is 0.305 bits per heavy atom. The van der Waals surface area contributed by atoms with E-state index in [0.717, 1.165) is 116 Å². The molecular weight excluding hydrogens is 1020 g/mol. The number of anilines is 4. The van der Waals surface area contributed by atoms with Gasteiger partial charge in [-0.2, -0.15) is 0 Å². The summed E-state index contributed by atoms with van der Waals surface area (Å²) < 4.78 is 25.7. The molecule has 4 N–H and O–H groups in total. The van der Waals surface area contributed by atoms with Gasteiger partial charge in [-0.1, -0.05) is 247 Å². The minimum Gasteiger partial charge on any atom is -0.490 e. The van der Waals surface area contributed by atoms with Gasteiger partial charge >= 0.3 is 11.8 Å². The molecule has 0 heterocycles. The molecule has 2 amide bonds. The van der Waals surface area contributed by atoms with Crippen molar-refractivity contribution in [1.82, 2.24) is 0 Å². The van der Waals surface area contributed by atoms with E-state index in [1.165, 1.54) is 141 Å². The van der Waals surface area contributed by atoms with E-state index < -0.39 is 11.8 Å². The molecule has 0 spiro atoms. The van der Waals surface area contributed by atoms with E-state index in [1.54, 1.807) is 36.7 Å². The maximum absolute atomic E-state index is 14.3. The third-order valence-corrected chi connectivity index (χ3v) is 15.0. The molecule has 12 heteroatoms. The topological polar surface area (TPSA) is 153 Å². The van der Waals surface area contributed by atoms with Crippen LogP contribution in [-0.4, -0.2) is 49.8 Å². The Balaban J connectivity index is 2.56. The van der Waals surface area contributed by atoms with Gasteiger partial charge in [-0.05, 0) is 50.7 Å². The minimum atomic E-state index is -0.922. The van der Waals surface area contributed by atoms with Crippen LogP contribution in [0.3, 0.4) is 0 Å². The van der Waals surface area contributed by atoms with E-state index in [9.17, 15) is 19.2 Å². The lowest BCUT2D eigenvalue weighted by atomic mass is 10.1. The summed E-state index contributed by atoms with van der Waals surface area (Å²) in [6, 6.07) is 6.99. The normalized spacial score (nSPS) is 11.3. The van der Waals surface area contributed by atoms with Gasteiger partial charge in [-0.3, -0.25) is 19.2 Å². The number of hydrogen-bond donors (Lipinski definition) is 4. The zero-order valence-electron chi connectivity index (χ0n) is 53.0. The lowest BCUT2D eigenvalue weighted by Crippen LogP contribution is -2.29. The number of carbonyl (C=O) groups is 4. The second kappa shape index (κ2) is 51.6. The fraction of sp³-hybridized carbons (Fsp3) is 0.714. The molecular formula is C70H118N4O8. The van der Waals surface area contributed by atoms with Crippen LogP contribution in [0, 0.1) is 0 Å². The zero-order valence-corrected chi connectivity index (χ0v) is 53.0. The molecule has 2 aromatic rings. The van der Waals surface area contributed by atoms with Gasteiger partial charge in [-0.25, -0.2) is 0 Å². The number of ketones is 2. The molecule has 0 aromatic heterocycles. The maximum atomic E-state index is 14.3. The quantitative estimate of drug-likeness (QED) is 0.0286. The van der Waals surface area contributed by atoms with E-state index in [4.69, 9.17) is 18.9 Å². The molecule has 0 aliphatic rings. The molecule has 0 unspecified atom stereocenters. The Bertz CT molecular complexity index is 1880. The second-order valence-corrected chi connectivity index (χ2v) is 22.7. The average molecular weight is 1140 g/mol. The molecule has 2 aromatic carbocycles. The largest absolute Gasteiger partial charge is 0.490 e. The maximum Gasteiger partial charge on any atom is 0.314 e. The molecule has 0 fully saturated rings. The highest BCUT2D eigenvalue weighted by Gasteiger charge is 2.22. The Hall–Kier alpha value is -5.00. The summed E-state index contributed by atoms with van der Waals surface area (Å²) in [5, 5.41) is 12.2. The second-order valence-electron chi connectivity index (χ2n) is 22.7. The summed E-state index contributed by atoms with van der Waals surface area (Å²) in [6.07, 6.45) is 49.5. The molecule has 0 saturated heterocycles. The molecule has 0 aliphatic heterocycles. The molecule has 82 heavy (non-hydrogen) atoms. The lowest BCUT2D eigenvalue weighted by Gasteiger charge is -2.19. The predicted octanol–water partition coefficient (Wildman–Crippen LogP) is 20.5. The summed E-state index contributed by atoms with van der Waals surface area (Å²) in [4.78, 5) is 54.7. The smallest absolute Gasteiger partial charge is 0.314 e. The van der Waals surface area contributed by atoms with Crippen molar-refractivity contribution in [3.8, 4) is 23.0 Å². The Labute approximate surface area is 500 Å². The number of ether oxygens (including phenoxy) is 4. The van der Waals surface area contributed by atoms with Crippen LogP contribution < -0.4 is 40.2 Å². The number of rotatable bonds is 56. The van der Waals surface area contributed by atoms with Crippen LogP contribution >= 0.6 is 0 Å². The number of nitrogens with one attached hydrogen (secondary N) is 4. The molecule has 0 atom stereocenters. The van der Waals surface area contributed by atoms with Gasteiger partial charge in [0.2, 0.25) is 0 Å². The van der Waals surface area contributed by atoms with Crippen molar-refractivity contribution in [3.63, 3.8) is 0 Å². The number of benzene rings is 2. The summed E-state index contributed by atoms with van der Waals surface area (Å²) in [5.41, 5.74) is 1.46. The van der Waals surface area contributed by atoms with E-state index in [1.807, 2.05) is 0 Å². The van der Waals surface area contributed by atoms with Crippen molar-refractivity contribution in [1.29, 1.82) is 0 Å². The Kier molecular flexibility index (Phi) is 46.0. The summed E-state index contributed by atoms with van der Waals surface area (Å²) in [5.74, 6) is 0.133. The Morgan fingerprint density at radius 3 is 0.780 bits per heavy atom. The van der Waals surface area contributed by atoms with Gasteiger partial charge in [-0.15, -0.1) is 0 Å². The molecule has 0 saturated carbocycles. The monoisotopic (exact) mass is 1140 g/mol. The number of allylic oxidation sites excluding steroid dienone is 2. The van der Waals surface area contributed by atoms with Crippen molar-refractivity contribution < 1.29 is 38.1 Å². The van der Waals surface area contributed by atoms with Gasteiger partial charge in [0.1, 0.15) is 0 Å². The van der Waals surface area contributed by atoms with Gasteiger partial charge in [0.25, 0.3) is 0 Å². The molecule has 466 valence electrons. The zero-order chi connectivity index (χ0) is 59.4. The van der Waals surface area contributed by atoms with Gasteiger partial charge in [0.15, 0.2) is 34.6 Å². The summed E-state index contributed by atoms with van der Waals surface area (Å²) >= 11 is 0. The van der Waals surface area contributed by atoms with Crippen LogP contribution in [0.1, 0.15) is 298 Å². The highest BCUT2D eigenvalue weighted by molar-refractivity contribution is 6.44. The first-order valence-electron chi connectivity index (χ1n) is 33.6. The number of hydrogen-bond acceptors (Lipinski definition) is 10. The van der Waals surface area contributed by atoms with Crippen molar-refractivity contribution in [2.75, 3.05) is 47.7 Å². The van der Waals surface area contributed by atoms with Gasteiger partial charge in [0, 0.05) is 49.5 Å². The van der Waals surface area contributed by atoms with Crippen LogP contribution in [-0.2, 0) is 19.2 Å². The van der Waals surface area contributed by atoms with Crippen LogP contribution in [0.5, 0.6) is 23.0 Å². The predicted molar refractivity (Wildman–Crippen MR) is 346 cm³/mol. The fourth-order valence-corrected chi connectivity index (χ4v) is 9.76. The van der Waals surface area contributed by atoms with Crippen molar-refractivity contribution in [3.05, 3.63) is 48.8 Å². The van der Waals surface area contributed by atoms with Crippen molar-refractivity contribution in [2.24, 2.45) is 0 Å². The third-order valence-electron chi connectivity index (χ3n) is 15.0. The van der Waals surface area contributed by atoms with Crippen LogP contribution in [0.2, 0.25) is 0 Å². The number of unbranched alkanes of at least 4 members (excludes halogenated alkanes) is 32. The van der Waals surface area contributed by atoms with E-state index in [-0.39, 0.29) is 22.9 Å². The van der Waals surface area contributed by atoms with Gasteiger partial charge < -0.3 is 40.2 Å². The number of amides is 2.